The first kappa shape index (κ1) is 22.1. The van der Waals surface area contributed by atoms with Gasteiger partial charge in [-0.1, -0.05) is 42.5 Å². The van der Waals surface area contributed by atoms with E-state index in [1.165, 1.54) is 11.4 Å². The van der Waals surface area contributed by atoms with Gasteiger partial charge in [0, 0.05) is 12.1 Å². The van der Waals surface area contributed by atoms with Gasteiger partial charge in [0.25, 0.3) is 0 Å². The van der Waals surface area contributed by atoms with Gasteiger partial charge >= 0.3 is 0 Å². The van der Waals surface area contributed by atoms with Crippen LogP contribution in [0.15, 0.2) is 77.7 Å². The summed E-state index contributed by atoms with van der Waals surface area (Å²) < 4.78 is 33.6. The van der Waals surface area contributed by atoms with E-state index in [9.17, 15) is 13.2 Å². The van der Waals surface area contributed by atoms with Crippen molar-refractivity contribution < 1.29 is 17.9 Å². The number of sulfonamides is 1. The number of carbonyl (C=O) groups is 1. The predicted octanol–water partition coefficient (Wildman–Crippen LogP) is 4.03. The van der Waals surface area contributed by atoms with Gasteiger partial charge in [-0.3, -0.25) is 4.79 Å². The topological polar surface area (TPSA) is 104 Å². The van der Waals surface area contributed by atoms with E-state index >= 15 is 0 Å². The van der Waals surface area contributed by atoms with E-state index in [1.807, 2.05) is 30.3 Å². The largest absolute Gasteiger partial charge is 0.495 e. The summed E-state index contributed by atoms with van der Waals surface area (Å²) >= 11 is 0. The highest BCUT2D eigenvalue weighted by Gasteiger charge is 2.39. The van der Waals surface area contributed by atoms with Crippen LogP contribution < -0.4 is 10.1 Å². The Morgan fingerprint density at radius 1 is 1.09 bits per heavy atom. The van der Waals surface area contributed by atoms with Gasteiger partial charge in [-0.25, -0.2) is 13.4 Å². The van der Waals surface area contributed by atoms with Gasteiger partial charge in [-0.15, -0.1) is 0 Å². The lowest BCUT2D eigenvalue weighted by Gasteiger charge is -2.23. The highest BCUT2D eigenvalue weighted by atomic mass is 32.2. The molecule has 174 valence electrons. The molecule has 1 aliphatic rings. The number of para-hydroxylation sites is 2. The van der Waals surface area contributed by atoms with Crippen LogP contribution in [0.25, 0.3) is 22.4 Å². The Hall–Kier alpha value is -3.69. The number of methoxy groups -OCH3 is 1. The molecule has 2 heterocycles. The zero-order valence-electron chi connectivity index (χ0n) is 18.6. The summed E-state index contributed by atoms with van der Waals surface area (Å²) in [5.41, 5.74) is 2.71. The number of H-pyrrole nitrogens is 1. The fraction of sp³-hybridized carbons (Fsp3) is 0.200. The average Bonchev–Trinajstić information content (AvgIpc) is 3.52. The van der Waals surface area contributed by atoms with Gasteiger partial charge in [0.05, 0.1) is 28.7 Å². The zero-order chi connectivity index (χ0) is 23.7. The molecule has 1 saturated heterocycles. The Labute approximate surface area is 197 Å². The first-order valence-corrected chi connectivity index (χ1v) is 12.4. The number of hydrogen-bond donors (Lipinski definition) is 2. The zero-order valence-corrected chi connectivity index (χ0v) is 19.4. The lowest BCUT2D eigenvalue weighted by atomic mass is 10.2. The molecule has 0 radical (unpaired) electrons. The van der Waals surface area contributed by atoms with E-state index in [2.05, 4.69) is 15.3 Å². The summed E-state index contributed by atoms with van der Waals surface area (Å²) in [6.07, 6.45) is 1.05. The minimum absolute atomic E-state index is 0.125. The fourth-order valence-corrected chi connectivity index (χ4v) is 5.95. The van der Waals surface area contributed by atoms with Crippen molar-refractivity contribution >= 4 is 32.7 Å². The van der Waals surface area contributed by atoms with Crippen molar-refractivity contribution in [3.63, 3.8) is 0 Å². The number of benzene rings is 3. The average molecular weight is 477 g/mol. The molecule has 0 aliphatic carbocycles. The summed E-state index contributed by atoms with van der Waals surface area (Å²) in [5.74, 6) is 0.808. The van der Waals surface area contributed by atoms with Crippen LogP contribution in [0.1, 0.15) is 12.8 Å². The fourth-order valence-electron chi connectivity index (χ4n) is 4.27. The standard InChI is InChI=1S/C25H24N4O4S/c1-33-23-12-6-5-10-20(23)28-25(30)22-11-7-15-29(22)34(31,32)18-13-14-19-21(16-18)27-24(26-19)17-8-3-2-4-9-17/h2-6,8-10,12-14,16,22H,7,11,15H2,1H3,(H,26,27)(H,28,30). The predicted molar refractivity (Wildman–Crippen MR) is 130 cm³/mol. The molecule has 1 aromatic heterocycles. The summed E-state index contributed by atoms with van der Waals surface area (Å²) in [4.78, 5) is 21.0. The van der Waals surface area contributed by atoms with Crippen LogP contribution >= 0.6 is 0 Å². The number of rotatable bonds is 6. The molecular weight excluding hydrogens is 452 g/mol. The van der Waals surface area contributed by atoms with Crippen LogP contribution in [-0.2, 0) is 14.8 Å². The molecule has 1 fully saturated rings. The molecule has 3 aromatic carbocycles. The Bertz CT molecular complexity index is 1450. The maximum Gasteiger partial charge on any atom is 0.243 e. The number of imidazole rings is 1. The third kappa shape index (κ3) is 4.04. The molecule has 8 nitrogen and oxygen atoms in total. The summed E-state index contributed by atoms with van der Waals surface area (Å²) in [7, 11) is -2.37. The van der Waals surface area contributed by atoms with E-state index in [-0.39, 0.29) is 17.3 Å². The molecule has 1 amide bonds. The van der Waals surface area contributed by atoms with Crippen molar-refractivity contribution in [1.82, 2.24) is 14.3 Å². The molecule has 2 N–H and O–H groups in total. The lowest BCUT2D eigenvalue weighted by Crippen LogP contribution is -2.43. The Morgan fingerprint density at radius 3 is 2.65 bits per heavy atom. The van der Waals surface area contributed by atoms with Crippen molar-refractivity contribution in [3.8, 4) is 17.1 Å². The van der Waals surface area contributed by atoms with Gasteiger partial charge < -0.3 is 15.0 Å². The minimum atomic E-state index is -3.89. The SMILES string of the molecule is COc1ccccc1NC(=O)C1CCCN1S(=O)(=O)c1ccc2nc(-c3ccccc3)[nH]c2c1. The van der Waals surface area contributed by atoms with Gasteiger partial charge in [-0.05, 0) is 43.2 Å². The van der Waals surface area contributed by atoms with Gasteiger partial charge in [0.2, 0.25) is 15.9 Å². The molecule has 4 aromatic rings. The Morgan fingerprint density at radius 2 is 1.85 bits per heavy atom. The normalized spacial score (nSPS) is 16.6. The maximum absolute atomic E-state index is 13.5. The third-order valence-corrected chi connectivity index (χ3v) is 7.88. The maximum atomic E-state index is 13.5. The van der Waals surface area contributed by atoms with Crippen molar-refractivity contribution in [3.05, 3.63) is 72.8 Å². The molecular formula is C25H24N4O4S. The minimum Gasteiger partial charge on any atom is -0.495 e. The van der Waals surface area contributed by atoms with Crippen molar-refractivity contribution in [2.24, 2.45) is 0 Å². The quantitative estimate of drug-likeness (QED) is 0.437. The molecule has 34 heavy (non-hydrogen) atoms. The molecule has 1 unspecified atom stereocenters. The van der Waals surface area contributed by atoms with Crippen molar-refractivity contribution in [2.45, 2.75) is 23.8 Å². The molecule has 0 bridgehead atoms. The number of anilines is 1. The molecule has 5 rings (SSSR count). The van der Waals surface area contributed by atoms with Crippen LogP contribution in [0.2, 0.25) is 0 Å². The second-order valence-corrected chi connectivity index (χ2v) is 9.98. The number of nitrogens with one attached hydrogen (secondary N) is 2. The van der Waals surface area contributed by atoms with Crippen LogP contribution in [-0.4, -0.2) is 48.3 Å². The smallest absolute Gasteiger partial charge is 0.243 e. The third-order valence-electron chi connectivity index (χ3n) is 5.98. The summed E-state index contributed by atoms with van der Waals surface area (Å²) in [6, 6.07) is 20.7. The van der Waals surface area contributed by atoms with Crippen molar-refractivity contribution in [1.29, 1.82) is 0 Å². The first-order chi connectivity index (χ1) is 16.5. The number of ether oxygens (including phenoxy) is 1. The van der Waals surface area contributed by atoms with Crippen LogP contribution in [0.4, 0.5) is 5.69 Å². The number of hydrogen-bond acceptors (Lipinski definition) is 5. The number of nitrogens with zero attached hydrogens (tertiary/aromatic N) is 2. The van der Waals surface area contributed by atoms with E-state index in [1.54, 1.807) is 42.5 Å². The Balaban J connectivity index is 1.42. The van der Waals surface area contributed by atoms with Gasteiger partial charge in [0.1, 0.15) is 17.6 Å². The molecule has 1 aliphatic heterocycles. The highest BCUT2D eigenvalue weighted by molar-refractivity contribution is 7.89. The second kappa shape index (κ2) is 8.92. The number of fused-ring (bicyclic) bond motifs is 1. The van der Waals surface area contributed by atoms with Gasteiger partial charge in [0.15, 0.2) is 0 Å². The second-order valence-electron chi connectivity index (χ2n) is 8.09. The summed E-state index contributed by atoms with van der Waals surface area (Å²) in [6.45, 7) is 0.280. The number of amides is 1. The number of aromatic nitrogens is 2. The van der Waals surface area contributed by atoms with E-state index < -0.39 is 16.1 Å². The lowest BCUT2D eigenvalue weighted by molar-refractivity contribution is -0.119. The Kier molecular flexibility index (Phi) is 5.80. The first-order valence-electron chi connectivity index (χ1n) is 11.0. The molecule has 1 atom stereocenters. The number of carbonyl (C=O) groups excluding carboxylic acids is 1. The monoisotopic (exact) mass is 476 g/mol. The highest BCUT2D eigenvalue weighted by Crippen LogP contribution is 2.30. The van der Waals surface area contributed by atoms with Crippen molar-refractivity contribution in [2.75, 3.05) is 19.0 Å². The van der Waals surface area contributed by atoms with E-state index in [0.29, 0.717) is 41.1 Å². The molecule has 9 heteroatoms. The molecule has 0 spiro atoms. The van der Waals surface area contributed by atoms with Gasteiger partial charge in [-0.2, -0.15) is 4.31 Å². The van der Waals surface area contributed by atoms with E-state index in [4.69, 9.17) is 4.74 Å². The van der Waals surface area contributed by atoms with Crippen LogP contribution in [0.5, 0.6) is 5.75 Å². The molecule has 0 saturated carbocycles. The van der Waals surface area contributed by atoms with Crippen LogP contribution in [0.3, 0.4) is 0 Å². The van der Waals surface area contributed by atoms with E-state index in [0.717, 1.165) is 5.56 Å². The summed E-state index contributed by atoms with van der Waals surface area (Å²) in [5, 5.41) is 2.82. The number of aromatic amines is 1. The van der Waals surface area contributed by atoms with Crippen LogP contribution in [0, 0.1) is 0 Å².